The molecule has 3 aromatic rings. The SMILES string of the molecule is Cc1cccc2ncc3ccccc3c12.[O-][Cl+3]([O-])([O-])O. The van der Waals surface area contributed by atoms with E-state index < -0.39 is 10.2 Å². The molecule has 3 rings (SSSR count). The van der Waals surface area contributed by atoms with Crippen molar-refractivity contribution < 1.29 is 28.9 Å². The zero-order chi connectivity index (χ0) is 14.8. The minimum Gasteiger partial charge on any atom is -0.256 e. The number of aromatic nitrogens is 1. The molecule has 0 aliphatic heterocycles. The fourth-order valence-electron chi connectivity index (χ4n) is 2.09. The number of hydrogen-bond donors (Lipinski definition) is 1. The number of pyridine rings is 1. The Balaban J connectivity index is 0.000000257. The van der Waals surface area contributed by atoms with Crippen molar-refractivity contribution >= 4 is 21.7 Å². The van der Waals surface area contributed by atoms with Crippen molar-refractivity contribution in [2.75, 3.05) is 0 Å². The summed E-state index contributed by atoms with van der Waals surface area (Å²) in [5.41, 5.74) is 2.37. The molecule has 0 unspecified atom stereocenters. The standard InChI is InChI=1S/C14H11N.ClHO4/c1-10-5-4-8-13-14(10)12-7-3-2-6-11(12)9-15-13;2-1(3,4)5/h2-9H,1H3;(H,2,3,4,5). The summed E-state index contributed by atoms with van der Waals surface area (Å²) in [5, 5.41) is 3.77. The van der Waals surface area contributed by atoms with Gasteiger partial charge < -0.3 is 0 Å². The molecule has 5 nitrogen and oxygen atoms in total. The molecule has 0 bridgehead atoms. The van der Waals surface area contributed by atoms with Gasteiger partial charge in [0.25, 0.3) is 0 Å². The molecule has 0 saturated carbocycles. The number of benzene rings is 2. The Morgan fingerprint density at radius 1 is 1.00 bits per heavy atom. The minimum absolute atomic E-state index is 1.08. The smallest absolute Gasteiger partial charge is 0.0777 e. The monoisotopic (exact) mass is 293 g/mol. The van der Waals surface area contributed by atoms with E-state index in [1.165, 1.54) is 21.7 Å². The van der Waals surface area contributed by atoms with Gasteiger partial charge in [0.2, 0.25) is 0 Å². The summed E-state index contributed by atoms with van der Waals surface area (Å²) in [7, 11) is -4.69. The van der Waals surface area contributed by atoms with Gasteiger partial charge in [-0.25, -0.2) is 0 Å². The first-order valence-corrected chi connectivity index (χ1v) is 6.99. The van der Waals surface area contributed by atoms with Crippen LogP contribution in [0.15, 0.2) is 48.7 Å². The largest absolute Gasteiger partial charge is 0.256 e. The van der Waals surface area contributed by atoms with Crippen LogP contribution in [0.25, 0.3) is 21.7 Å². The van der Waals surface area contributed by atoms with Crippen LogP contribution in [0.3, 0.4) is 0 Å². The van der Waals surface area contributed by atoms with E-state index in [0.29, 0.717) is 0 Å². The number of nitrogens with zero attached hydrogens (tertiary/aromatic N) is 1. The van der Waals surface area contributed by atoms with Gasteiger partial charge >= 0.3 is 0 Å². The van der Waals surface area contributed by atoms with Crippen molar-refractivity contribution in [3.8, 4) is 0 Å². The van der Waals surface area contributed by atoms with Crippen LogP contribution in [0.1, 0.15) is 5.56 Å². The molecule has 2 aromatic carbocycles. The van der Waals surface area contributed by atoms with Crippen LogP contribution < -0.4 is 14.0 Å². The number of aryl methyl sites for hydroxylation is 1. The Morgan fingerprint density at radius 2 is 1.65 bits per heavy atom. The lowest BCUT2D eigenvalue weighted by molar-refractivity contribution is -1.92. The Labute approximate surface area is 117 Å². The van der Waals surface area contributed by atoms with E-state index in [-0.39, 0.29) is 0 Å². The maximum atomic E-state index is 8.60. The van der Waals surface area contributed by atoms with E-state index in [0.717, 1.165) is 5.52 Å². The van der Waals surface area contributed by atoms with Crippen LogP contribution >= 0.6 is 0 Å². The average molecular weight is 294 g/mol. The van der Waals surface area contributed by atoms with E-state index in [2.05, 4.69) is 48.3 Å². The Kier molecular flexibility index (Phi) is 4.17. The van der Waals surface area contributed by atoms with E-state index in [4.69, 9.17) is 18.6 Å². The lowest BCUT2D eigenvalue weighted by Crippen LogP contribution is -2.58. The quantitative estimate of drug-likeness (QED) is 0.567. The van der Waals surface area contributed by atoms with Crippen LogP contribution in [-0.4, -0.2) is 9.64 Å². The molecule has 0 fully saturated rings. The normalized spacial score (nSPS) is 11.2. The molecule has 0 aliphatic rings. The zero-order valence-corrected chi connectivity index (χ0v) is 11.4. The first-order valence-electron chi connectivity index (χ1n) is 5.72. The van der Waals surface area contributed by atoms with Gasteiger partial charge in [0.15, 0.2) is 0 Å². The van der Waals surface area contributed by atoms with Crippen LogP contribution in [-0.2, 0) is 0 Å². The second-order valence-electron chi connectivity index (χ2n) is 4.21. The molecule has 0 atom stereocenters. The molecule has 1 N–H and O–H groups in total. The molecule has 0 saturated heterocycles. The average Bonchev–Trinajstić information content (AvgIpc) is 2.36. The second kappa shape index (κ2) is 5.70. The maximum Gasteiger partial charge on any atom is 0.0777 e. The van der Waals surface area contributed by atoms with Crippen molar-refractivity contribution in [3.05, 3.63) is 54.2 Å². The Bertz CT molecular complexity index is 734. The van der Waals surface area contributed by atoms with Crippen molar-refractivity contribution in [3.63, 3.8) is 0 Å². The number of hydrogen-bond acceptors (Lipinski definition) is 5. The molecule has 1 heterocycles. The topological polar surface area (TPSA) is 102 Å². The fraction of sp³-hybridized carbons (Fsp3) is 0.0714. The van der Waals surface area contributed by atoms with Crippen LogP contribution in [0.2, 0.25) is 0 Å². The molecule has 1 aromatic heterocycles. The van der Waals surface area contributed by atoms with Crippen LogP contribution in [0.4, 0.5) is 0 Å². The summed E-state index contributed by atoms with van der Waals surface area (Å²) in [5.74, 6) is 0. The predicted molar refractivity (Wildman–Crippen MR) is 66.2 cm³/mol. The van der Waals surface area contributed by atoms with E-state index in [1.54, 1.807) is 0 Å². The highest BCUT2D eigenvalue weighted by Crippen LogP contribution is 2.25. The molecule has 0 spiro atoms. The molecule has 20 heavy (non-hydrogen) atoms. The summed E-state index contributed by atoms with van der Waals surface area (Å²) in [6.45, 7) is 2.14. The highest BCUT2D eigenvalue weighted by atomic mass is 35.7. The first-order chi connectivity index (χ1) is 9.36. The molecule has 0 radical (unpaired) electrons. The van der Waals surface area contributed by atoms with Crippen molar-refractivity contribution in [2.45, 2.75) is 6.92 Å². The van der Waals surface area contributed by atoms with Crippen molar-refractivity contribution in [1.82, 2.24) is 4.98 Å². The minimum atomic E-state index is -4.69. The third kappa shape index (κ3) is 3.63. The van der Waals surface area contributed by atoms with Crippen molar-refractivity contribution in [1.29, 1.82) is 0 Å². The van der Waals surface area contributed by atoms with E-state index in [1.807, 2.05) is 12.3 Å². The zero-order valence-electron chi connectivity index (χ0n) is 10.6. The summed E-state index contributed by atoms with van der Waals surface area (Å²) in [6.07, 6.45) is 1.94. The van der Waals surface area contributed by atoms with Crippen LogP contribution in [0.5, 0.6) is 0 Å². The van der Waals surface area contributed by atoms with E-state index in [9.17, 15) is 0 Å². The molecule has 0 aliphatic carbocycles. The fourth-order valence-corrected chi connectivity index (χ4v) is 2.09. The van der Waals surface area contributed by atoms with Gasteiger partial charge in [-0.2, -0.15) is 14.0 Å². The van der Waals surface area contributed by atoms with Gasteiger partial charge in [-0.1, -0.05) is 36.4 Å². The summed E-state index contributed by atoms with van der Waals surface area (Å²) in [6, 6.07) is 14.6. The third-order valence-corrected chi connectivity index (χ3v) is 2.82. The third-order valence-electron chi connectivity index (χ3n) is 2.82. The molecular weight excluding hydrogens is 282 g/mol. The van der Waals surface area contributed by atoms with Gasteiger partial charge in [0.05, 0.1) is 20.4 Å². The van der Waals surface area contributed by atoms with Gasteiger partial charge in [-0.15, -0.1) is 0 Å². The summed E-state index contributed by atoms with van der Waals surface area (Å²) in [4.78, 5) is 4.47. The van der Waals surface area contributed by atoms with Crippen LogP contribution in [0, 0.1) is 17.2 Å². The lowest BCUT2D eigenvalue weighted by atomic mass is 10.0. The van der Waals surface area contributed by atoms with Gasteiger partial charge in [0, 0.05) is 17.0 Å². The molecule has 104 valence electrons. The second-order valence-corrected chi connectivity index (χ2v) is 5.00. The highest BCUT2D eigenvalue weighted by Gasteiger charge is 2.02. The lowest BCUT2D eigenvalue weighted by Gasteiger charge is -2.05. The Morgan fingerprint density at radius 3 is 2.35 bits per heavy atom. The Hall–Kier alpha value is -1.76. The van der Waals surface area contributed by atoms with Crippen molar-refractivity contribution in [2.24, 2.45) is 0 Å². The number of rotatable bonds is 0. The molecule has 0 amide bonds. The molecule has 6 heteroatoms. The first kappa shape index (κ1) is 14.6. The maximum absolute atomic E-state index is 8.60. The van der Waals surface area contributed by atoms with Gasteiger partial charge in [-0.3, -0.25) is 4.98 Å². The van der Waals surface area contributed by atoms with E-state index >= 15 is 0 Å². The predicted octanol–water partition coefficient (Wildman–Crippen LogP) is -0.428. The highest BCUT2D eigenvalue weighted by molar-refractivity contribution is 6.06. The van der Waals surface area contributed by atoms with Gasteiger partial charge in [-0.05, 0) is 23.9 Å². The number of halogens is 1. The number of fused-ring (bicyclic) bond motifs is 3. The van der Waals surface area contributed by atoms with Gasteiger partial charge in [0.1, 0.15) is 0 Å². The molecular formula is C14H12ClNO4. The summed E-state index contributed by atoms with van der Waals surface area (Å²) < 4.78 is 32.7. The summed E-state index contributed by atoms with van der Waals surface area (Å²) >= 11 is 0.